The summed E-state index contributed by atoms with van der Waals surface area (Å²) in [6.45, 7) is 14.8. The van der Waals surface area contributed by atoms with E-state index in [1.807, 2.05) is 0 Å². The number of hydrogen-bond acceptors (Lipinski definition) is 0. The fourth-order valence-electron chi connectivity index (χ4n) is 3.86. The van der Waals surface area contributed by atoms with Crippen LogP contribution in [0, 0.1) is 6.08 Å². The monoisotopic (exact) mass is 315 g/mol. The van der Waals surface area contributed by atoms with Gasteiger partial charge in [-0.05, 0) is 35.3 Å². The van der Waals surface area contributed by atoms with Crippen LogP contribution in [0.25, 0.3) is 0 Å². The van der Waals surface area contributed by atoms with Crippen molar-refractivity contribution in [1.29, 1.82) is 0 Å². The highest BCUT2D eigenvalue weighted by atomic mass is 28.3. The molecule has 0 aliphatic heterocycles. The predicted octanol–water partition coefficient (Wildman–Crippen LogP) is 6.23. The van der Waals surface area contributed by atoms with E-state index in [0.717, 1.165) is 12.8 Å². The molecule has 0 aromatic heterocycles. The van der Waals surface area contributed by atoms with E-state index in [-0.39, 0.29) is 0 Å². The zero-order chi connectivity index (χ0) is 15.7. The minimum atomic E-state index is -1.33. The Bertz CT molecular complexity index is 512. The van der Waals surface area contributed by atoms with Crippen LogP contribution in [0.2, 0.25) is 37.8 Å². The maximum absolute atomic E-state index is 3.90. The molecule has 0 unspecified atom stereocenters. The molecule has 0 bridgehead atoms. The second-order valence-electron chi connectivity index (χ2n) is 7.50. The fraction of sp³-hybridized carbons (Fsp3) is 0.579. The van der Waals surface area contributed by atoms with E-state index in [1.165, 1.54) is 18.1 Å². The molecule has 0 amide bonds. The first kappa shape index (κ1) is 16.8. The standard InChI is InChI=1S/C19H31Si2/c1-7-21(8-2,9-3)18-15-14-17(20(4,5)6)19(18)16-12-10-11-13-16/h10-12H,7-9,13-14H2,1-6H3. The van der Waals surface area contributed by atoms with Gasteiger partial charge in [-0.3, -0.25) is 0 Å². The highest BCUT2D eigenvalue weighted by Gasteiger charge is 2.39. The van der Waals surface area contributed by atoms with Crippen LogP contribution in [0.3, 0.4) is 0 Å². The van der Waals surface area contributed by atoms with Crippen LogP contribution < -0.4 is 0 Å². The van der Waals surface area contributed by atoms with Crippen molar-refractivity contribution in [1.82, 2.24) is 0 Å². The van der Waals surface area contributed by atoms with Gasteiger partial charge in [0.15, 0.2) is 0 Å². The molecule has 2 aliphatic carbocycles. The van der Waals surface area contributed by atoms with Gasteiger partial charge in [0.1, 0.15) is 0 Å². The summed E-state index contributed by atoms with van der Waals surface area (Å²) in [6.07, 6.45) is 13.1. The Morgan fingerprint density at radius 3 is 2.10 bits per heavy atom. The minimum absolute atomic E-state index is 1.12. The molecule has 21 heavy (non-hydrogen) atoms. The molecule has 0 atom stereocenters. The molecular weight excluding hydrogens is 284 g/mol. The molecule has 0 N–H and O–H groups in total. The molecular formula is C19H31Si2. The first-order valence-corrected chi connectivity index (χ1v) is 14.7. The lowest BCUT2D eigenvalue weighted by Gasteiger charge is -2.33. The molecule has 0 aromatic rings. The van der Waals surface area contributed by atoms with Crippen LogP contribution in [0.5, 0.6) is 0 Å². The minimum Gasteiger partial charge on any atom is -0.0801 e. The van der Waals surface area contributed by atoms with Crippen molar-refractivity contribution in [3.05, 3.63) is 45.8 Å². The lowest BCUT2D eigenvalue weighted by atomic mass is 10.1. The molecule has 0 spiro atoms. The number of rotatable bonds is 6. The quantitative estimate of drug-likeness (QED) is 0.510. The number of hydrogen-bond donors (Lipinski definition) is 0. The van der Waals surface area contributed by atoms with Crippen molar-refractivity contribution in [3.8, 4) is 0 Å². The number of allylic oxidation sites excluding steroid dienone is 8. The predicted molar refractivity (Wildman–Crippen MR) is 101 cm³/mol. The Labute approximate surface area is 133 Å². The van der Waals surface area contributed by atoms with Gasteiger partial charge in [-0.1, -0.05) is 82.0 Å². The maximum atomic E-state index is 3.90. The van der Waals surface area contributed by atoms with E-state index >= 15 is 0 Å². The molecule has 115 valence electrons. The molecule has 1 radical (unpaired) electrons. The van der Waals surface area contributed by atoms with Crippen molar-refractivity contribution in [2.24, 2.45) is 0 Å². The Hall–Kier alpha value is -0.606. The molecule has 0 saturated heterocycles. The van der Waals surface area contributed by atoms with Gasteiger partial charge in [0.2, 0.25) is 0 Å². The molecule has 0 heterocycles. The first-order chi connectivity index (χ1) is 9.89. The van der Waals surface area contributed by atoms with Gasteiger partial charge in [-0.2, -0.15) is 0 Å². The highest BCUT2D eigenvalue weighted by molar-refractivity contribution is 6.88. The third-order valence-electron chi connectivity index (χ3n) is 5.55. The SMILES string of the molecule is CC[Si](CC)(CC)C1=[C]CC([Si](C)(C)C)=C1C1=CC=CC1. The lowest BCUT2D eigenvalue weighted by molar-refractivity contribution is 1.16. The largest absolute Gasteiger partial charge is 0.0870 e. The lowest BCUT2D eigenvalue weighted by Crippen LogP contribution is -2.36. The summed E-state index contributed by atoms with van der Waals surface area (Å²) in [5.74, 6) is 0. The fourth-order valence-corrected chi connectivity index (χ4v) is 9.51. The summed E-state index contributed by atoms with van der Waals surface area (Å²) in [7, 11) is -2.60. The van der Waals surface area contributed by atoms with Crippen molar-refractivity contribution in [2.75, 3.05) is 0 Å². The summed E-state index contributed by atoms with van der Waals surface area (Å²) >= 11 is 0. The van der Waals surface area contributed by atoms with Gasteiger partial charge in [-0.15, -0.1) is 0 Å². The van der Waals surface area contributed by atoms with Crippen LogP contribution in [-0.4, -0.2) is 16.1 Å². The van der Waals surface area contributed by atoms with Gasteiger partial charge in [0.05, 0.1) is 16.1 Å². The zero-order valence-corrected chi connectivity index (χ0v) is 16.8. The molecule has 0 fully saturated rings. The van der Waals surface area contributed by atoms with E-state index in [4.69, 9.17) is 0 Å². The van der Waals surface area contributed by atoms with Gasteiger partial charge in [-0.25, -0.2) is 0 Å². The van der Waals surface area contributed by atoms with Crippen LogP contribution in [0.15, 0.2) is 39.8 Å². The topological polar surface area (TPSA) is 0 Å². The Balaban J connectivity index is 2.54. The second-order valence-corrected chi connectivity index (χ2v) is 17.8. The maximum Gasteiger partial charge on any atom is 0.0870 e. The van der Waals surface area contributed by atoms with E-state index in [9.17, 15) is 0 Å². The average molecular weight is 316 g/mol. The van der Waals surface area contributed by atoms with Crippen molar-refractivity contribution < 1.29 is 0 Å². The van der Waals surface area contributed by atoms with Gasteiger partial charge >= 0.3 is 0 Å². The van der Waals surface area contributed by atoms with Crippen LogP contribution in [0.1, 0.15) is 33.6 Å². The molecule has 0 saturated carbocycles. The second kappa shape index (κ2) is 6.25. The van der Waals surface area contributed by atoms with Crippen LogP contribution in [-0.2, 0) is 0 Å². The molecule has 0 nitrogen and oxygen atoms in total. The van der Waals surface area contributed by atoms with E-state index in [0.29, 0.717) is 0 Å². The van der Waals surface area contributed by atoms with E-state index < -0.39 is 16.1 Å². The summed E-state index contributed by atoms with van der Waals surface area (Å²) < 4.78 is 0. The molecule has 2 aliphatic rings. The van der Waals surface area contributed by atoms with Gasteiger partial charge in [0, 0.05) is 0 Å². The van der Waals surface area contributed by atoms with Crippen molar-refractivity contribution in [3.63, 3.8) is 0 Å². The molecule has 0 aromatic carbocycles. The Kier molecular flexibility index (Phi) is 4.99. The molecule has 2 heteroatoms. The molecule has 2 rings (SSSR count). The van der Waals surface area contributed by atoms with E-state index in [1.54, 1.807) is 21.5 Å². The smallest absolute Gasteiger partial charge is 0.0801 e. The zero-order valence-electron chi connectivity index (χ0n) is 14.8. The first-order valence-electron chi connectivity index (χ1n) is 8.61. The Morgan fingerprint density at radius 1 is 1.05 bits per heavy atom. The summed E-state index contributed by atoms with van der Waals surface area (Å²) in [5, 5.41) is 3.46. The normalized spacial score (nSPS) is 19.3. The average Bonchev–Trinajstić information content (AvgIpc) is 3.09. The van der Waals surface area contributed by atoms with Crippen molar-refractivity contribution >= 4 is 16.1 Å². The third-order valence-corrected chi connectivity index (χ3v) is 13.3. The summed E-state index contributed by atoms with van der Waals surface area (Å²) in [6, 6.07) is 4.10. The van der Waals surface area contributed by atoms with Crippen molar-refractivity contribution in [2.45, 2.75) is 71.4 Å². The third kappa shape index (κ3) is 2.98. The summed E-state index contributed by atoms with van der Waals surface area (Å²) in [5.41, 5.74) is 3.26. The van der Waals surface area contributed by atoms with Gasteiger partial charge < -0.3 is 0 Å². The highest BCUT2D eigenvalue weighted by Crippen LogP contribution is 2.45. The van der Waals surface area contributed by atoms with Crippen LogP contribution >= 0.6 is 0 Å². The van der Waals surface area contributed by atoms with Crippen LogP contribution in [0.4, 0.5) is 0 Å². The summed E-state index contributed by atoms with van der Waals surface area (Å²) in [4.78, 5) is 0. The van der Waals surface area contributed by atoms with E-state index in [2.05, 4.69) is 64.7 Å². The Morgan fingerprint density at radius 2 is 1.67 bits per heavy atom. The van der Waals surface area contributed by atoms with Gasteiger partial charge in [0.25, 0.3) is 0 Å².